The Morgan fingerprint density at radius 3 is 2.56 bits per heavy atom. The van der Waals surface area contributed by atoms with Gasteiger partial charge in [-0.05, 0) is 54.2 Å². The molecular formula is C27H31BrN6. The van der Waals surface area contributed by atoms with E-state index in [-0.39, 0.29) is 17.0 Å². The number of fused-ring (bicyclic) bond motifs is 1. The van der Waals surface area contributed by atoms with Crippen LogP contribution >= 0.6 is 17.0 Å². The number of rotatable bonds is 9. The largest absolute Gasteiger partial charge is 0.347 e. The van der Waals surface area contributed by atoms with Gasteiger partial charge in [-0.3, -0.25) is 14.9 Å². The molecule has 0 saturated carbocycles. The number of nitrogens with one attached hydrogen (secondary N) is 2. The quantitative estimate of drug-likeness (QED) is 0.320. The van der Waals surface area contributed by atoms with Gasteiger partial charge in [0.2, 0.25) is 0 Å². The third-order valence-electron chi connectivity index (χ3n) is 6.30. The average Bonchev–Trinajstić information content (AvgIpc) is 3.38. The highest BCUT2D eigenvalue weighted by molar-refractivity contribution is 8.93. The van der Waals surface area contributed by atoms with Gasteiger partial charge in [0.05, 0.1) is 23.8 Å². The third-order valence-corrected chi connectivity index (χ3v) is 6.30. The summed E-state index contributed by atoms with van der Waals surface area (Å²) < 4.78 is 0. The molecule has 3 heterocycles. The number of aromatic amines is 1. The molecule has 0 aliphatic heterocycles. The molecule has 1 unspecified atom stereocenters. The lowest BCUT2D eigenvalue weighted by molar-refractivity contribution is 0.155. The van der Waals surface area contributed by atoms with E-state index in [9.17, 15) is 0 Å². The molecule has 34 heavy (non-hydrogen) atoms. The van der Waals surface area contributed by atoms with E-state index in [0.717, 1.165) is 50.4 Å². The Morgan fingerprint density at radius 1 is 0.912 bits per heavy atom. The molecule has 0 fully saturated rings. The topological polar surface area (TPSA) is 69.7 Å². The first-order chi connectivity index (χ1) is 16.3. The van der Waals surface area contributed by atoms with Gasteiger partial charge in [0.15, 0.2) is 0 Å². The van der Waals surface area contributed by atoms with Gasteiger partial charge in [-0.25, -0.2) is 4.98 Å². The van der Waals surface area contributed by atoms with E-state index in [0.29, 0.717) is 6.04 Å². The summed E-state index contributed by atoms with van der Waals surface area (Å²) in [6, 6.07) is 19.6. The van der Waals surface area contributed by atoms with Crippen LogP contribution in [0.5, 0.6) is 0 Å². The summed E-state index contributed by atoms with van der Waals surface area (Å²) in [6.07, 6.45) is 10.9. The second-order valence-electron chi connectivity index (χ2n) is 8.68. The predicted octanol–water partition coefficient (Wildman–Crippen LogP) is 5.15. The SMILES string of the molecule is Br.c1ccc(CNCc2ccc(CN(Cc3cnc[nH]3)C3CCCc4cccnc43)cc2)nc1. The number of hydrogen-bond donors (Lipinski definition) is 2. The number of nitrogens with zero attached hydrogens (tertiary/aromatic N) is 4. The zero-order valence-corrected chi connectivity index (χ0v) is 20.9. The molecule has 0 saturated heterocycles. The lowest BCUT2D eigenvalue weighted by Gasteiger charge is -2.35. The van der Waals surface area contributed by atoms with E-state index >= 15 is 0 Å². The molecule has 176 valence electrons. The molecule has 0 amide bonds. The van der Waals surface area contributed by atoms with Gasteiger partial charge < -0.3 is 10.3 Å². The molecule has 7 heteroatoms. The zero-order chi connectivity index (χ0) is 22.3. The minimum absolute atomic E-state index is 0. The molecule has 1 atom stereocenters. The fraction of sp³-hybridized carbons (Fsp3) is 0.296. The van der Waals surface area contributed by atoms with Gasteiger partial charge >= 0.3 is 0 Å². The first kappa shape index (κ1) is 24.3. The summed E-state index contributed by atoms with van der Waals surface area (Å²) in [5.41, 5.74) is 7.40. The summed E-state index contributed by atoms with van der Waals surface area (Å²) in [5, 5.41) is 3.48. The van der Waals surface area contributed by atoms with E-state index in [1.54, 1.807) is 6.33 Å². The molecule has 4 aromatic rings. The molecule has 1 aliphatic rings. The van der Waals surface area contributed by atoms with Crippen LogP contribution in [0.2, 0.25) is 0 Å². The van der Waals surface area contributed by atoms with E-state index in [4.69, 9.17) is 4.98 Å². The smallest absolute Gasteiger partial charge is 0.0922 e. The molecule has 6 nitrogen and oxygen atoms in total. The van der Waals surface area contributed by atoms with Crippen LogP contribution in [0.15, 0.2) is 79.5 Å². The highest BCUT2D eigenvalue weighted by Gasteiger charge is 2.27. The molecule has 1 aliphatic carbocycles. The second-order valence-corrected chi connectivity index (χ2v) is 8.68. The molecule has 0 spiro atoms. The fourth-order valence-corrected chi connectivity index (χ4v) is 4.64. The number of aromatic nitrogens is 4. The Bertz CT molecular complexity index is 1130. The van der Waals surface area contributed by atoms with Crippen molar-refractivity contribution >= 4 is 17.0 Å². The molecule has 0 radical (unpaired) electrons. The van der Waals surface area contributed by atoms with Gasteiger partial charge in [-0.2, -0.15) is 0 Å². The monoisotopic (exact) mass is 518 g/mol. The average molecular weight is 519 g/mol. The highest BCUT2D eigenvalue weighted by Crippen LogP contribution is 2.34. The van der Waals surface area contributed by atoms with Crippen LogP contribution in [0.1, 0.15) is 52.7 Å². The van der Waals surface area contributed by atoms with Gasteiger partial charge in [0, 0.05) is 50.5 Å². The van der Waals surface area contributed by atoms with E-state index in [2.05, 4.69) is 61.6 Å². The zero-order valence-electron chi connectivity index (χ0n) is 19.2. The lowest BCUT2D eigenvalue weighted by Crippen LogP contribution is -2.31. The Labute approximate surface area is 211 Å². The number of aryl methyl sites for hydroxylation is 1. The van der Waals surface area contributed by atoms with Gasteiger partial charge in [-0.1, -0.05) is 36.4 Å². The van der Waals surface area contributed by atoms with Crippen LogP contribution in [0.3, 0.4) is 0 Å². The van der Waals surface area contributed by atoms with Crippen LogP contribution in [0, 0.1) is 0 Å². The lowest BCUT2D eigenvalue weighted by atomic mass is 9.90. The van der Waals surface area contributed by atoms with Crippen molar-refractivity contribution in [2.45, 2.75) is 51.5 Å². The van der Waals surface area contributed by atoms with Crippen LogP contribution in [-0.4, -0.2) is 24.8 Å². The highest BCUT2D eigenvalue weighted by atomic mass is 79.9. The molecule has 2 N–H and O–H groups in total. The third kappa shape index (κ3) is 6.17. The van der Waals surface area contributed by atoms with Crippen molar-refractivity contribution in [1.29, 1.82) is 0 Å². The maximum Gasteiger partial charge on any atom is 0.0922 e. The van der Waals surface area contributed by atoms with Crippen molar-refractivity contribution in [2.24, 2.45) is 0 Å². The number of benzene rings is 1. The van der Waals surface area contributed by atoms with Gasteiger partial charge in [0.25, 0.3) is 0 Å². The van der Waals surface area contributed by atoms with Gasteiger partial charge in [-0.15, -0.1) is 17.0 Å². The second kappa shape index (κ2) is 12.0. The van der Waals surface area contributed by atoms with Crippen molar-refractivity contribution in [1.82, 2.24) is 30.2 Å². The number of pyridine rings is 2. The fourth-order valence-electron chi connectivity index (χ4n) is 4.64. The molecular weight excluding hydrogens is 488 g/mol. The molecule has 0 bridgehead atoms. The normalized spacial score (nSPS) is 15.0. The Hall–Kier alpha value is -2.87. The molecule has 1 aromatic carbocycles. The van der Waals surface area contributed by atoms with Crippen molar-refractivity contribution in [3.63, 3.8) is 0 Å². The maximum absolute atomic E-state index is 4.78. The summed E-state index contributed by atoms with van der Waals surface area (Å²) in [4.78, 5) is 19.2. The minimum atomic E-state index is 0. The Balaban J connectivity index is 0.00000274. The maximum atomic E-state index is 4.78. The summed E-state index contributed by atoms with van der Waals surface area (Å²) in [5.74, 6) is 0. The predicted molar refractivity (Wildman–Crippen MR) is 139 cm³/mol. The van der Waals surface area contributed by atoms with Crippen LogP contribution in [0.25, 0.3) is 0 Å². The van der Waals surface area contributed by atoms with Crippen LogP contribution in [0.4, 0.5) is 0 Å². The summed E-state index contributed by atoms with van der Waals surface area (Å²) in [7, 11) is 0. The number of H-pyrrole nitrogens is 1. The Morgan fingerprint density at radius 2 is 1.76 bits per heavy atom. The Kier molecular flexibility index (Phi) is 8.57. The first-order valence-corrected chi connectivity index (χ1v) is 11.7. The summed E-state index contributed by atoms with van der Waals surface area (Å²) in [6.45, 7) is 3.30. The number of halogens is 1. The first-order valence-electron chi connectivity index (χ1n) is 11.7. The standard InChI is InChI=1S/C27H30N6.BrH/c1-2-13-30-24(7-1)16-28-15-21-9-11-22(12-10-21)18-33(19-25-17-29-20-32-25)26-8-3-5-23-6-4-14-31-27(23)26;/h1-2,4,6-7,9-14,17,20,26,28H,3,5,8,15-16,18-19H2,(H,29,32);1H. The van der Waals surface area contributed by atoms with Crippen molar-refractivity contribution in [3.8, 4) is 0 Å². The van der Waals surface area contributed by atoms with Crippen LogP contribution in [-0.2, 0) is 32.6 Å². The van der Waals surface area contributed by atoms with E-state index in [1.165, 1.54) is 28.8 Å². The van der Waals surface area contributed by atoms with Crippen molar-refractivity contribution < 1.29 is 0 Å². The van der Waals surface area contributed by atoms with Crippen LogP contribution < -0.4 is 5.32 Å². The minimum Gasteiger partial charge on any atom is -0.347 e. The number of hydrogen-bond acceptors (Lipinski definition) is 5. The van der Waals surface area contributed by atoms with Crippen molar-refractivity contribution in [2.75, 3.05) is 0 Å². The number of imidazole rings is 1. The van der Waals surface area contributed by atoms with E-state index in [1.807, 2.05) is 36.8 Å². The molecule has 5 rings (SSSR count). The summed E-state index contributed by atoms with van der Waals surface area (Å²) >= 11 is 0. The van der Waals surface area contributed by atoms with E-state index < -0.39 is 0 Å². The van der Waals surface area contributed by atoms with Crippen molar-refractivity contribution in [3.05, 3.63) is 113 Å². The molecule has 3 aromatic heterocycles. The van der Waals surface area contributed by atoms with Gasteiger partial charge in [0.1, 0.15) is 0 Å².